The highest BCUT2D eigenvalue weighted by Crippen LogP contribution is 2.33. The van der Waals surface area contributed by atoms with Crippen molar-refractivity contribution in [1.82, 2.24) is 4.90 Å². The molecule has 0 aromatic heterocycles. The van der Waals surface area contributed by atoms with Crippen molar-refractivity contribution in [2.75, 3.05) is 13.1 Å². The van der Waals surface area contributed by atoms with E-state index in [1.165, 1.54) is 0 Å². The first kappa shape index (κ1) is 16.3. The minimum Gasteiger partial charge on any atom is -0.445 e. The average molecular weight is 395 g/mol. The van der Waals surface area contributed by atoms with Crippen LogP contribution in [0.5, 0.6) is 0 Å². The topological polar surface area (TPSA) is 29.5 Å². The molecule has 1 atom stereocenters. The minimum absolute atomic E-state index is 0.260. The van der Waals surface area contributed by atoms with E-state index in [0.29, 0.717) is 19.7 Å². The van der Waals surface area contributed by atoms with Gasteiger partial charge in [0.1, 0.15) is 6.61 Å². The lowest BCUT2D eigenvalue weighted by atomic mass is 9.98. The molecule has 0 saturated carbocycles. The van der Waals surface area contributed by atoms with Crippen molar-refractivity contribution < 1.29 is 9.53 Å². The van der Waals surface area contributed by atoms with Crippen molar-refractivity contribution in [2.24, 2.45) is 0 Å². The Morgan fingerprint density at radius 1 is 1.26 bits per heavy atom. The summed E-state index contributed by atoms with van der Waals surface area (Å²) >= 11 is 9.73. The lowest BCUT2D eigenvalue weighted by Gasteiger charge is -2.17. The second kappa shape index (κ2) is 7.37. The predicted molar refractivity (Wildman–Crippen MR) is 94.7 cm³/mol. The third kappa shape index (κ3) is 4.06. The van der Waals surface area contributed by atoms with Crippen molar-refractivity contribution in [1.29, 1.82) is 0 Å². The van der Waals surface area contributed by atoms with Crippen LogP contribution in [0.3, 0.4) is 0 Å². The van der Waals surface area contributed by atoms with E-state index in [4.69, 9.17) is 16.3 Å². The Morgan fingerprint density at radius 2 is 2.04 bits per heavy atom. The number of ether oxygens (including phenoxy) is 1. The number of carbonyl (C=O) groups is 1. The molecule has 1 amide bonds. The van der Waals surface area contributed by atoms with Crippen molar-refractivity contribution in [3.8, 4) is 0 Å². The first-order valence-corrected chi connectivity index (χ1v) is 8.71. The van der Waals surface area contributed by atoms with E-state index < -0.39 is 0 Å². The minimum atomic E-state index is -0.260. The number of hydrogen-bond acceptors (Lipinski definition) is 2. The van der Waals surface area contributed by atoms with Crippen LogP contribution in [-0.2, 0) is 11.3 Å². The number of hydrogen-bond donors (Lipinski definition) is 0. The van der Waals surface area contributed by atoms with Gasteiger partial charge in [-0.1, -0.05) is 63.9 Å². The van der Waals surface area contributed by atoms with Crippen LogP contribution in [0.15, 0.2) is 53.0 Å². The van der Waals surface area contributed by atoms with E-state index in [1.54, 1.807) is 4.90 Å². The highest BCUT2D eigenvalue weighted by atomic mass is 79.9. The van der Waals surface area contributed by atoms with Crippen molar-refractivity contribution in [3.05, 3.63) is 69.2 Å². The third-order valence-electron chi connectivity index (χ3n) is 4.05. The summed E-state index contributed by atoms with van der Waals surface area (Å²) in [6.45, 7) is 1.65. The van der Waals surface area contributed by atoms with Gasteiger partial charge in [-0.2, -0.15) is 0 Å². The largest absolute Gasteiger partial charge is 0.445 e. The quantitative estimate of drug-likeness (QED) is 0.713. The van der Waals surface area contributed by atoms with Crippen LogP contribution in [-0.4, -0.2) is 24.1 Å². The van der Waals surface area contributed by atoms with E-state index in [9.17, 15) is 4.79 Å². The maximum atomic E-state index is 12.2. The van der Waals surface area contributed by atoms with Crippen LogP contribution in [0.25, 0.3) is 0 Å². The van der Waals surface area contributed by atoms with Gasteiger partial charge in [-0.3, -0.25) is 0 Å². The maximum absolute atomic E-state index is 12.2. The smallest absolute Gasteiger partial charge is 0.410 e. The molecule has 1 aliphatic heterocycles. The molecule has 1 fully saturated rings. The summed E-state index contributed by atoms with van der Waals surface area (Å²) in [6, 6.07) is 15.6. The van der Waals surface area contributed by atoms with Crippen molar-refractivity contribution in [3.63, 3.8) is 0 Å². The fraction of sp³-hybridized carbons (Fsp3) is 0.278. The van der Waals surface area contributed by atoms with Crippen LogP contribution >= 0.6 is 27.5 Å². The van der Waals surface area contributed by atoms with Gasteiger partial charge in [0.15, 0.2) is 0 Å². The molecule has 1 aliphatic rings. The normalized spacial score (nSPS) is 17.3. The predicted octanol–water partition coefficient (Wildman–Crippen LogP) is 5.23. The molecule has 0 aliphatic carbocycles. The molecule has 2 aromatic carbocycles. The molecule has 0 radical (unpaired) electrons. The Bertz CT molecular complexity index is 693. The van der Waals surface area contributed by atoms with E-state index in [2.05, 4.69) is 15.9 Å². The van der Waals surface area contributed by atoms with Crippen LogP contribution in [0, 0.1) is 0 Å². The van der Waals surface area contributed by atoms with E-state index in [-0.39, 0.29) is 12.0 Å². The zero-order valence-corrected chi connectivity index (χ0v) is 14.9. The Morgan fingerprint density at radius 3 is 2.78 bits per heavy atom. The van der Waals surface area contributed by atoms with Gasteiger partial charge in [0.05, 0.1) is 0 Å². The molecular weight excluding hydrogens is 378 g/mol. The number of carbonyl (C=O) groups excluding carboxylic acids is 1. The molecule has 120 valence electrons. The summed E-state index contributed by atoms with van der Waals surface area (Å²) < 4.78 is 6.35. The summed E-state index contributed by atoms with van der Waals surface area (Å²) in [5, 5.41) is 0.740. The molecule has 2 aromatic rings. The van der Waals surface area contributed by atoms with Crippen LogP contribution < -0.4 is 0 Å². The van der Waals surface area contributed by atoms with E-state index in [0.717, 1.165) is 27.0 Å². The number of halogens is 2. The van der Waals surface area contributed by atoms with Gasteiger partial charge in [-0.25, -0.2) is 4.79 Å². The van der Waals surface area contributed by atoms with Gasteiger partial charge in [-0.15, -0.1) is 0 Å². The number of nitrogens with zero attached hydrogens (tertiary/aromatic N) is 1. The molecule has 0 unspecified atom stereocenters. The molecule has 1 heterocycles. The number of amides is 1. The van der Waals surface area contributed by atoms with Gasteiger partial charge in [0, 0.05) is 28.5 Å². The highest BCUT2D eigenvalue weighted by Gasteiger charge is 2.29. The van der Waals surface area contributed by atoms with Crippen molar-refractivity contribution in [2.45, 2.75) is 18.9 Å². The zero-order valence-electron chi connectivity index (χ0n) is 12.5. The summed E-state index contributed by atoms with van der Waals surface area (Å²) in [5.41, 5.74) is 2.08. The Balaban J connectivity index is 1.57. The fourth-order valence-corrected chi connectivity index (χ4v) is 3.65. The number of likely N-dealkylation sites (tertiary alicyclic amines) is 1. The molecule has 0 spiro atoms. The summed E-state index contributed by atoms with van der Waals surface area (Å²) in [4.78, 5) is 14.0. The SMILES string of the molecule is O=C(OCc1ccccc1)N1CC[C@H](c2ccc(Br)cc2Cl)C1. The van der Waals surface area contributed by atoms with Crippen molar-refractivity contribution >= 4 is 33.6 Å². The first-order valence-electron chi connectivity index (χ1n) is 7.54. The Labute approximate surface area is 149 Å². The maximum Gasteiger partial charge on any atom is 0.410 e. The van der Waals surface area contributed by atoms with Gasteiger partial charge in [0.2, 0.25) is 0 Å². The molecule has 3 nitrogen and oxygen atoms in total. The fourth-order valence-electron chi connectivity index (χ4n) is 2.82. The lowest BCUT2D eigenvalue weighted by molar-refractivity contribution is 0.104. The summed E-state index contributed by atoms with van der Waals surface area (Å²) in [5.74, 6) is 0.264. The zero-order chi connectivity index (χ0) is 16.2. The van der Waals surface area contributed by atoms with Gasteiger partial charge >= 0.3 is 6.09 Å². The third-order valence-corrected chi connectivity index (χ3v) is 4.87. The summed E-state index contributed by atoms with van der Waals surface area (Å²) in [7, 11) is 0. The number of rotatable bonds is 3. The number of benzene rings is 2. The monoisotopic (exact) mass is 393 g/mol. The molecular formula is C18H17BrClNO2. The molecule has 1 saturated heterocycles. The highest BCUT2D eigenvalue weighted by molar-refractivity contribution is 9.10. The standard InChI is InChI=1S/C18H17BrClNO2/c19-15-6-7-16(17(20)10-15)14-8-9-21(11-14)18(22)23-12-13-4-2-1-3-5-13/h1-7,10,14H,8-9,11-12H2/t14-/m0/s1. The van der Waals surface area contributed by atoms with Gasteiger partial charge < -0.3 is 9.64 Å². The molecule has 0 bridgehead atoms. The molecule has 5 heteroatoms. The first-order chi connectivity index (χ1) is 11.1. The van der Waals surface area contributed by atoms with Crippen LogP contribution in [0.1, 0.15) is 23.5 Å². The summed E-state index contributed by atoms with van der Waals surface area (Å²) in [6.07, 6.45) is 0.645. The van der Waals surface area contributed by atoms with E-state index >= 15 is 0 Å². The second-order valence-electron chi connectivity index (χ2n) is 5.64. The second-order valence-corrected chi connectivity index (χ2v) is 6.96. The lowest BCUT2D eigenvalue weighted by Crippen LogP contribution is -2.29. The molecule has 23 heavy (non-hydrogen) atoms. The molecule has 3 rings (SSSR count). The van der Waals surface area contributed by atoms with Gasteiger partial charge in [-0.05, 0) is 29.7 Å². The Hall–Kier alpha value is -1.52. The van der Waals surface area contributed by atoms with E-state index in [1.807, 2.05) is 48.5 Å². The Kier molecular flexibility index (Phi) is 5.23. The average Bonchev–Trinajstić information content (AvgIpc) is 3.03. The van der Waals surface area contributed by atoms with Crippen LogP contribution in [0.4, 0.5) is 4.79 Å². The van der Waals surface area contributed by atoms with Crippen LogP contribution in [0.2, 0.25) is 5.02 Å². The van der Waals surface area contributed by atoms with Gasteiger partial charge in [0.25, 0.3) is 0 Å². The molecule has 0 N–H and O–H groups in total.